The highest BCUT2D eigenvalue weighted by Gasteiger charge is 1.69. The van der Waals surface area contributed by atoms with Crippen molar-refractivity contribution in [2.45, 2.75) is 0 Å². The summed E-state index contributed by atoms with van der Waals surface area (Å²) in [5.74, 6) is 0. The van der Waals surface area contributed by atoms with Gasteiger partial charge in [-0.1, -0.05) is 6.07 Å². The van der Waals surface area contributed by atoms with Gasteiger partial charge in [0.15, 0.2) is 0 Å². The number of hydrogen-bond donors (Lipinski definition) is 2. The molecule has 2 rings (SSSR count). The number of aromatic nitrogens is 3. The Morgan fingerprint density at radius 2 is 2.17 bits per heavy atom. The monoisotopic (exact) mass is 163 g/mol. The Hall–Kier alpha value is -1.84. The van der Waals surface area contributed by atoms with Crippen LogP contribution in [0.2, 0.25) is 0 Å². The van der Waals surface area contributed by atoms with Gasteiger partial charge >= 0.3 is 0 Å². The van der Waals surface area contributed by atoms with Gasteiger partial charge in [-0.3, -0.25) is 4.79 Å². The average Bonchev–Trinajstić information content (AvgIpc) is 2.62. The maximum atomic E-state index is 10.2. The van der Waals surface area contributed by atoms with Crippen LogP contribution in [0.5, 0.6) is 0 Å². The quantitative estimate of drug-likeness (QED) is 0.603. The van der Waals surface area contributed by atoms with Crippen molar-refractivity contribution in [3.8, 4) is 0 Å². The molecule has 62 valence electrons. The molecular formula is C8H9N3O. The molecule has 4 nitrogen and oxygen atoms in total. The Bertz CT molecular complexity index is 304. The summed E-state index contributed by atoms with van der Waals surface area (Å²) in [5.41, 5.74) is -0.0532. The van der Waals surface area contributed by atoms with Gasteiger partial charge in [-0.05, 0) is 6.07 Å². The van der Waals surface area contributed by atoms with Crippen LogP contribution in [0.1, 0.15) is 0 Å². The number of pyridine rings is 1. The molecule has 0 aliphatic carbocycles. The molecule has 0 amide bonds. The third kappa shape index (κ3) is 3.36. The molecule has 12 heavy (non-hydrogen) atoms. The van der Waals surface area contributed by atoms with Gasteiger partial charge in [-0.2, -0.15) is 0 Å². The van der Waals surface area contributed by atoms with Gasteiger partial charge in [-0.25, -0.2) is 4.98 Å². The number of H-pyrrole nitrogens is 2. The summed E-state index contributed by atoms with van der Waals surface area (Å²) >= 11 is 0. The molecule has 4 heteroatoms. The molecule has 0 atom stereocenters. The van der Waals surface area contributed by atoms with Crippen LogP contribution >= 0.6 is 0 Å². The number of rotatable bonds is 0. The highest BCUT2D eigenvalue weighted by Crippen LogP contribution is 1.67. The molecule has 0 fully saturated rings. The first-order valence-corrected chi connectivity index (χ1v) is 3.46. The lowest BCUT2D eigenvalue weighted by Crippen LogP contribution is -1.98. The fourth-order valence-corrected chi connectivity index (χ4v) is 0.592. The Morgan fingerprint density at radius 1 is 1.25 bits per heavy atom. The van der Waals surface area contributed by atoms with E-state index in [0.717, 1.165) is 0 Å². The smallest absolute Gasteiger partial charge is 0.247 e. The molecule has 0 saturated carbocycles. The summed E-state index contributed by atoms with van der Waals surface area (Å²) in [6, 6.07) is 4.93. The van der Waals surface area contributed by atoms with Crippen LogP contribution < -0.4 is 5.56 Å². The van der Waals surface area contributed by atoms with E-state index in [1.54, 1.807) is 37.1 Å². The average molecular weight is 163 g/mol. The molecule has 0 unspecified atom stereocenters. The second-order valence-electron chi connectivity index (χ2n) is 1.99. The first-order valence-electron chi connectivity index (χ1n) is 3.46. The van der Waals surface area contributed by atoms with E-state index in [0.29, 0.717) is 0 Å². The maximum absolute atomic E-state index is 10.2. The molecule has 2 aromatic heterocycles. The van der Waals surface area contributed by atoms with E-state index >= 15 is 0 Å². The molecule has 0 saturated heterocycles. The lowest BCUT2D eigenvalue weighted by Gasteiger charge is -1.73. The van der Waals surface area contributed by atoms with Crippen LogP contribution in [0.4, 0.5) is 0 Å². The van der Waals surface area contributed by atoms with Crippen LogP contribution in [0, 0.1) is 0 Å². The molecule has 0 aromatic carbocycles. The van der Waals surface area contributed by atoms with Crippen molar-refractivity contribution in [2.24, 2.45) is 0 Å². The third-order valence-electron chi connectivity index (χ3n) is 1.09. The third-order valence-corrected chi connectivity index (χ3v) is 1.09. The van der Waals surface area contributed by atoms with E-state index in [1.165, 1.54) is 6.07 Å². The minimum absolute atomic E-state index is 0.0532. The van der Waals surface area contributed by atoms with E-state index in [1.807, 2.05) is 0 Å². The zero-order valence-corrected chi connectivity index (χ0v) is 6.40. The lowest BCUT2D eigenvalue weighted by atomic mass is 10.5. The normalized spacial score (nSPS) is 8.33. The zero-order valence-electron chi connectivity index (χ0n) is 6.40. The topological polar surface area (TPSA) is 61.5 Å². The van der Waals surface area contributed by atoms with E-state index in [2.05, 4.69) is 15.0 Å². The van der Waals surface area contributed by atoms with Gasteiger partial charge < -0.3 is 9.97 Å². The molecule has 2 aromatic rings. The van der Waals surface area contributed by atoms with E-state index in [9.17, 15) is 4.79 Å². The number of hydrogen-bond acceptors (Lipinski definition) is 2. The first kappa shape index (κ1) is 8.26. The summed E-state index contributed by atoms with van der Waals surface area (Å²) < 4.78 is 0. The van der Waals surface area contributed by atoms with Gasteiger partial charge in [0.05, 0.1) is 6.33 Å². The standard InChI is InChI=1S/C5H5NO.C3H4N2/c7-5-3-1-2-4-6-5;1-2-5-3-4-1/h1-4H,(H,6,7);1-3H,(H,4,5). The molecule has 0 bridgehead atoms. The van der Waals surface area contributed by atoms with Crippen molar-refractivity contribution in [3.63, 3.8) is 0 Å². The van der Waals surface area contributed by atoms with Crippen LogP contribution in [0.25, 0.3) is 0 Å². The van der Waals surface area contributed by atoms with Crippen molar-refractivity contribution in [1.29, 1.82) is 0 Å². The second-order valence-corrected chi connectivity index (χ2v) is 1.99. The molecular weight excluding hydrogens is 154 g/mol. The highest BCUT2D eigenvalue weighted by atomic mass is 16.1. The molecule has 0 spiro atoms. The van der Waals surface area contributed by atoms with Crippen LogP contribution in [0.3, 0.4) is 0 Å². The Balaban J connectivity index is 0.000000127. The van der Waals surface area contributed by atoms with Gasteiger partial charge in [0, 0.05) is 24.7 Å². The predicted octanol–water partition coefficient (Wildman–Crippen LogP) is 0.785. The molecule has 0 aliphatic heterocycles. The van der Waals surface area contributed by atoms with E-state index < -0.39 is 0 Å². The summed E-state index contributed by atoms with van der Waals surface area (Å²) in [5, 5.41) is 0. The van der Waals surface area contributed by atoms with Crippen molar-refractivity contribution >= 4 is 0 Å². The number of nitrogens with one attached hydrogen (secondary N) is 2. The van der Waals surface area contributed by atoms with Gasteiger partial charge in [0.25, 0.3) is 0 Å². The van der Waals surface area contributed by atoms with E-state index in [4.69, 9.17) is 0 Å². The summed E-state index contributed by atoms with van der Waals surface area (Å²) in [6.07, 6.45) is 6.68. The van der Waals surface area contributed by atoms with Crippen LogP contribution in [0.15, 0.2) is 47.9 Å². The molecule has 0 aliphatic rings. The summed E-state index contributed by atoms with van der Waals surface area (Å²) in [7, 11) is 0. The number of imidazole rings is 1. The van der Waals surface area contributed by atoms with Crippen molar-refractivity contribution < 1.29 is 0 Å². The zero-order chi connectivity index (χ0) is 8.65. The molecule has 2 N–H and O–H groups in total. The Kier molecular flexibility index (Phi) is 3.37. The van der Waals surface area contributed by atoms with Crippen molar-refractivity contribution in [3.05, 3.63) is 53.5 Å². The number of aromatic amines is 2. The van der Waals surface area contributed by atoms with Gasteiger partial charge in [0.2, 0.25) is 5.56 Å². The van der Waals surface area contributed by atoms with Crippen molar-refractivity contribution in [1.82, 2.24) is 15.0 Å². The Morgan fingerprint density at radius 3 is 2.42 bits per heavy atom. The number of nitrogens with zero attached hydrogens (tertiary/aromatic N) is 1. The van der Waals surface area contributed by atoms with Gasteiger partial charge in [-0.15, -0.1) is 0 Å². The fourth-order valence-electron chi connectivity index (χ4n) is 0.592. The van der Waals surface area contributed by atoms with Crippen molar-refractivity contribution in [2.75, 3.05) is 0 Å². The SMILES string of the molecule is O=c1cccc[nH]1.c1c[nH]cn1. The predicted molar refractivity (Wildman–Crippen MR) is 45.7 cm³/mol. The minimum atomic E-state index is -0.0532. The maximum Gasteiger partial charge on any atom is 0.247 e. The summed E-state index contributed by atoms with van der Waals surface area (Å²) in [4.78, 5) is 19.1. The fraction of sp³-hybridized carbons (Fsp3) is 0. The van der Waals surface area contributed by atoms with Crippen LogP contribution in [-0.4, -0.2) is 15.0 Å². The Labute approximate surface area is 69.3 Å². The molecule has 0 radical (unpaired) electrons. The van der Waals surface area contributed by atoms with E-state index in [-0.39, 0.29) is 5.56 Å². The van der Waals surface area contributed by atoms with Gasteiger partial charge in [0.1, 0.15) is 0 Å². The highest BCUT2D eigenvalue weighted by molar-refractivity contribution is 4.89. The summed E-state index contributed by atoms with van der Waals surface area (Å²) in [6.45, 7) is 0. The first-order chi connectivity index (χ1) is 5.89. The minimum Gasteiger partial charge on any atom is -0.351 e. The van der Waals surface area contributed by atoms with Crippen LogP contribution in [-0.2, 0) is 0 Å². The largest absolute Gasteiger partial charge is 0.351 e. The second kappa shape index (κ2) is 4.90. The molecule has 2 heterocycles. The lowest BCUT2D eigenvalue weighted by molar-refractivity contribution is 1.24.